The smallest absolute Gasteiger partial charge is 0.416 e. The lowest BCUT2D eigenvalue weighted by Gasteiger charge is -2.19. The van der Waals surface area contributed by atoms with E-state index in [1.165, 1.54) is 6.07 Å². The Labute approximate surface area is 114 Å². The van der Waals surface area contributed by atoms with Gasteiger partial charge in [-0.15, -0.1) is 0 Å². The molecule has 1 aromatic carbocycles. The first-order chi connectivity index (χ1) is 9.38. The van der Waals surface area contributed by atoms with Gasteiger partial charge < -0.3 is 10.4 Å². The first-order valence-electron chi connectivity index (χ1n) is 6.50. The molecule has 0 spiro atoms. The molecule has 6 heteroatoms. The van der Waals surface area contributed by atoms with Gasteiger partial charge in [-0.1, -0.05) is 12.1 Å². The van der Waals surface area contributed by atoms with Crippen LogP contribution in [0.5, 0.6) is 0 Å². The van der Waals surface area contributed by atoms with Crippen molar-refractivity contribution in [1.82, 2.24) is 5.32 Å². The SMILES string of the molecule is O=C(O)CCNC(c1cccc(C(F)(F)F)c1)C1CC1. The highest BCUT2D eigenvalue weighted by atomic mass is 19.4. The number of hydrogen-bond acceptors (Lipinski definition) is 2. The van der Waals surface area contributed by atoms with E-state index in [1.54, 1.807) is 6.07 Å². The zero-order valence-corrected chi connectivity index (χ0v) is 10.8. The Balaban J connectivity index is 2.11. The predicted molar refractivity (Wildman–Crippen MR) is 67.2 cm³/mol. The number of alkyl halides is 3. The maximum Gasteiger partial charge on any atom is 0.416 e. The van der Waals surface area contributed by atoms with Gasteiger partial charge in [-0.2, -0.15) is 13.2 Å². The van der Waals surface area contributed by atoms with Crippen molar-refractivity contribution in [3.8, 4) is 0 Å². The fourth-order valence-electron chi connectivity index (χ4n) is 2.23. The van der Waals surface area contributed by atoms with Gasteiger partial charge >= 0.3 is 12.1 Å². The zero-order chi connectivity index (χ0) is 14.8. The second kappa shape index (κ2) is 5.83. The molecule has 2 N–H and O–H groups in total. The van der Waals surface area contributed by atoms with Crippen molar-refractivity contribution in [2.24, 2.45) is 5.92 Å². The van der Waals surface area contributed by atoms with Gasteiger partial charge in [0, 0.05) is 12.6 Å². The number of halogens is 3. The highest BCUT2D eigenvalue weighted by Crippen LogP contribution is 2.42. The lowest BCUT2D eigenvalue weighted by atomic mass is 9.99. The van der Waals surface area contributed by atoms with E-state index in [0.29, 0.717) is 11.5 Å². The number of nitrogens with one attached hydrogen (secondary N) is 1. The van der Waals surface area contributed by atoms with E-state index in [2.05, 4.69) is 5.32 Å². The maximum absolute atomic E-state index is 12.7. The first kappa shape index (κ1) is 14.8. The first-order valence-corrected chi connectivity index (χ1v) is 6.50. The molecule has 1 aromatic rings. The van der Waals surface area contributed by atoms with Gasteiger partial charge in [-0.3, -0.25) is 4.79 Å². The Morgan fingerprint density at radius 3 is 2.65 bits per heavy atom. The van der Waals surface area contributed by atoms with Crippen LogP contribution in [0.1, 0.15) is 36.4 Å². The van der Waals surface area contributed by atoms with Crippen LogP contribution < -0.4 is 5.32 Å². The van der Waals surface area contributed by atoms with E-state index in [0.717, 1.165) is 25.0 Å². The summed E-state index contributed by atoms with van der Waals surface area (Å²) in [5, 5.41) is 11.7. The Kier molecular flexibility index (Phi) is 4.32. The fourth-order valence-corrected chi connectivity index (χ4v) is 2.23. The normalized spacial score (nSPS) is 16.9. The van der Waals surface area contributed by atoms with Gasteiger partial charge in [0.25, 0.3) is 0 Å². The average molecular weight is 287 g/mol. The maximum atomic E-state index is 12.7. The molecule has 0 saturated heterocycles. The quantitative estimate of drug-likeness (QED) is 0.844. The minimum atomic E-state index is -4.36. The zero-order valence-electron chi connectivity index (χ0n) is 10.8. The molecule has 0 radical (unpaired) electrons. The van der Waals surface area contributed by atoms with E-state index >= 15 is 0 Å². The van der Waals surface area contributed by atoms with Crippen molar-refractivity contribution < 1.29 is 23.1 Å². The Bertz CT molecular complexity index is 484. The number of carboxylic acids is 1. The number of aliphatic carboxylic acids is 1. The van der Waals surface area contributed by atoms with Crippen LogP contribution in [0.2, 0.25) is 0 Å². The number of rotatable bonds is 6. The summed E-state index contributed by atoms with van der Waals surface area (Å²) >= 11 is 0. The third-order valence-electron chi connectivity index (χ3n) is 3.37. The molecule has 1 atom stereocenters. The molecular formula is C14H16F3NO2. The van der Waals surface area contributed by atoms with Gasteiger partial charge in [0.1, 0.15) is 0 Å². The second-order valence-corrected chi connectivity index (χ2v) is 5.04. The van der Waals surface area contributed by atoms with Crippen LogP contribution in [0.4, 0.5) is 13.2 Å². The van der Waals surface area contributed by atoms with Crippen molar-refractivity contribution in [2.75, 3.05) is 6.54 Å². The lowest BCUT2D eigenvalue weighted by Crippen LogP contribution is -2.26. The molecule has 0 heterocycles. The highest BCUT2D eigenvalue weighted by Gasteiger charge is 2.35. The monoisotopic (exact) mass is 287 g/mol. The van der Waals surface area contributed by atoms with Crippen LogP contribution in [-0.2, 0) is 11.0 Å². The van der Waals surface area contributed by atoms with Crippen LogP contribution in [0.3, 0.4) is 0 Å². The summed E-state index contributed by atoms with van der Waals surface area (Å²) in [4.78, 5) is 10.5. The van der Waals surface area contributed by atoms with Crippen molar-refractivity contribution in [1.29, 1.82) is 0 Å². The topological polar surface area (TPSA) is 49.3 Å². The summed E-state index contributed by atoms with van der Waals surface area (Å²) in [5.41, 5.74) is -0.0894. The summed E-state index contributed by atoms with van der Waals surface area (Å²) in [6.07, 6.45) is -2.48. The molecule has 1 unspecified atom stereocenters. The molecule has 3 nitrogen and oxygen atoms in total. The highest BCUT2D eigenvalue weighted by molar-refractivity contribution is 5.66. The summed E-state index contributed by atoms with van der Waals surface area (Å²) in [5.74, 6) is -0.622. The Morgan fingerprint density at radius 2 is 2.10 bits per heavy atom. The molecule has 1 aliphatic carbocycles. The van der Waals surface area contributed by atoms with E-state index in [9.17, 15) is 18.0 Å². The predicted octanol–water partition coefficient (Wildman–Crippen LogP) is 3.22. The van der Waals surface area contributed by atoms with Gasteiger partial charge in [-0.05, 0) is 36.5 Å². The molecular weight excluding hydrogens is 271 g/mol. The van der Waals surface area contributed by atoms with Crippen LogP contribution in [-0.4, -0.2) is 17.6 Å². The van der Waals surface area contributed by atoms with Gasteiger partial charge in [0.2, 0.25) is 0 Å². The van der Waals surface area contributed by atoms with Gasteiger partial charge in [0.15, 0.2) is 0 Å². The molecule has 0 bridgehead atoms. The van der Waals surface area contributed by atoms with Gasteiger partial charge in [0.05, 0.1) is 12.0 Å². The van der Waals surface area contributed by atoms with Crippen molar-refractivity contribution >= 4 is 5.97 Å². The van der Waals surface area contributed by atoms with E-state index < -0.39 is 17.7 Å². The molecule has 0 amide bonds. The molecule has 2 rings (SSSR count). The average Bonchev–Trinajstić information content (AvgIpc) is 3.18. The Hall–Kier alpha value is -1.56. The van der Waals surface area contributed by atoms with E-state index in [1.807, 2.05) is 0 Å². The molecule has 20 heavy (non-hydrogen) atoms. The molecule has 1 fully saturated rings. The number of hydrogen-bond donors (Lipinski definition) is 2. The fraction of sp³-hybridized carbons (Fsp3) is 0.500. The summed E-state index contributed by atoms with van der Waals surface area (Å²) in [6.45, 7) is 0.257. The molecule has 110 valence electrons. The standard InChI is InChI=1S/C14H16F3NO2/c15-14(16,17)11-3-1-2-10(8-11)13(9-4-5-9)18-7-6-12(19)20/h1-3,8-9,13,18H,4-7H2,(H,19,20). The van der Waals surface area contributed by atoms with Crippen LogP contribution >= 0.6 is 0 Å². The third kappa shape index (κ3) is 3.96. The van der Waals surface area contributed by atoms with Gasteiger partial charge in [-0.25, -0.2) is 0 Å². The second-order valence-electron chi connectivity index (χ2n) is 5.04. The van der Waals surface area contributed by atoms with Crippen molar-refractivity contribution in [3.05, 3.63) is 35.4 Å². The summed E-state index contributed by atoms with van der Waals surface area (Å²) in [6, 6.07) is 5.05. The Morgan fingerprint density at radius 1 is 1.40 bits per heavy atom. The third-order valence-corrected chi connectivity index (χ3v) is 3.37. The number of carbonyl (C=O) groups is 1. The van der Waals surface area contributed by atoms with E-state index in [-0.39, 0.29) is 19.0 Å². The van der Waals surface area contributed by atoms with E-state index in [4.69, 9.17) is 5.11 Å². The van der Waals surface area contributed by atoms with Crippen molar-refractivity contribution in [3.63, 3.8) is 0 Å². The molecule has 1 saturated carbocycles. The molecule has 0 aliphatic heterocycles. The minimum Gasteiger partial charge on any atom is -0.481 e. The number of carboxylic acid groups (broad SMARTS) is 1. The lowest BCUT2D eigenvalue weighted by molar-refractivity contribution is -0.138. The largest absolute Gasteiger partial charge is 0.481 e. The molecule has 1 aliphatic rings. The van der Waals surface area contributed by atoms with Crippen LogP contribution in [0.15, 0.2) is 24.3 Å². The minimum absolute atomic E-state index is 0.0395. The number of benzene rings is 1. The van der Waals surface area contributed by atoms with Crippen LogP contribution in [0, 0.1) is 5.92 Å². The van der Waals surface area contributed by atoms with Crippen LogP contribution in [0.25, 0.3) is 0 Å². The van der Waals surface area contributed by atoms with Crippen molar-refractivity contribution in [2.45, 2.75) is 31.5 Å². The molecule has 0 aromatic heterocycles. The summed E-state index contributed by atoms with van der Waals surface area (Å²) < 4.78 is 38.1. The summed E-state index contributed by atoms with van der Waals surface area (Å²) in [7, 11) is 0.